The van der Waals surface area contributed by atoms with Gasteiger partial charge in [0.25, 0.3) is 0 Å². The maximum Gasteiger partial charge on any atom is 0.322 e. The molecule has 2 aliphatic heterocycles. The molecule has 0 aliphatic carbocycles. The summed E-state index contributed by atoms with van der Waals surface area (Å²) >= 11 is 12.1. The van der Waals surface area contributed by atoms with E-state index in [4.69, 9.17) is 32.7 Å². The molecule has 2 aromatic rings. The van der Waals surface area contributed by atoms with Crippen molar-refractivity contribution in [2.45, 2.75) is 56.6 Å². The molecule has 0 unspecified atom stereocenters. The van der Waals surface area contributed by atoms with Gasteiger partial charge in [-0.2, -0.15) is 0 Å². The van der Waals surface area contributed by atoms with Gasteiger partial charge in [-0.25, -0.2) is 4.79 Å². The van der Waals surface area contributed by atoms with Crippen LogP contribution in [0, 0.1) is 0 Å². The zero-order chi connectivity index (χ0) is 25.7. The van der Waals surface area contributed by atoms with Crippen LogP contribution in [-0.2, 0) is 14.3 Å². The predicted octanol–water partition coefficient (Wildman–Crippen LogP) is 4.40. The number of hydrogen-bond acceptors (Lipinski definition) is 5. The summed E-state index contributed by atoms with van der Waals surface area (Å²) in [5.41, 5.74) is 1.49. The van der Waals surface area contributed by atoms with Gasteiger partial charge >= 0.3 is 6.03 Å². The van der Waals surface area contributed by atoms with Crippen LogP contribution in [-0.4, -0.2) is 66.1 Å². The van der Waals surface area contributed by atoms with Crippen molar-refractivity contribution in [1.82, 2.24) is 10.2 Å². The highest BCUT2D eigenvalue weighted by Crippen LogP contribution is 2.29. The van der Waals surface area contributed by atoms with Crippen molar-refractivity contribution in [3.63, 3.8) is 0 Å². The summed E-state index contributed by atoms with van der Waals surface area (Å²) in [4.78, 5) is 27.5. The van der Waals surface area contributed by atoms with Crippen molar-refractivity contribution in [3.8, 4) is 0 Å². The van der Waals surface area contributed by atoms with E-state index in [0.717, 1.165) is 5.56 Å². The van der Waals surface area contributed by atoms with Crippen LogP contribution >= 0.6 is 23.2 Å². The number of carbonyl (C=O) groups is 2. The van der Waals surface area contributed by atoms with E-state index in [0.29, 0.717) is 28.6 Å². The minimum atomic E-state index is -0.831. The Labute approximate surface area is 220 Å². The lowest BCUT2D eigenvalue weighted by Gasteiger charge is -2.44. The number of aliphatic hydroxyl groups is 1. The second kappa shape index (κ2) is 12.3. The fourth-order valence-corrected chi connectivity index (χ4v) is 5.25. The summed E-state index contributed by atoms with van der Waals surface area (Å²) < 4.78 is 11.9. The van der Waals surface area contributed by atoms with E-state index in [2.05, 4.69) is 10.6 Å². The van der Waals surface area contributed by atoms with Crippen LogP contribution in [0.1, 0.15) is 37.8 Å². The molecular weight excluding hydrogens is 505 g/mol. The Kier molecular flexibility index (Phi) is 9.09. The van der Waals surface area contributed by atoms with E-state index in [1.165, 1.54) is 0 Å². The number of anilines is 1. The van der Waals surface area contributed by atoms with Crippen molar-refractivity contribution in [2.24, 2.45) is 0 Å². The second-order valence-electron chi connectivity index (χ2n) is 9.28. The lowest BCUT2D eigenvalue weighted by atomic mass is 9.94. The Morgan fingerprint density at radius 2 is 1.83 bits per heavy atom. The number of β-amino-alcohol motifs (C(OH)–C–C–N with tert-alkyl or cyclic N) is 1. The monoisotopic (exact) mass is 535 g/mol. The number of hydrogen-bond donors (Lipinski definition) is 3. The van der Waals surface area contributed by atoms with Crippen molar-refractivity contribution in [2.75, 3.05) is 25.1 Å². The van der Waals surface area contributed by atoms with Gasteiger partial charge in [-0.05, 0) is 43.5 Å². The Balaban J connectivity index is 1.39. The molecule has 8 nitrogen and oxygen atoms in total. The number of amides is 3. The number of carbonyl (C=O) groups excluding carboxylic acids is 2. The maximum atomic E-state index is 13.2. The van der Waals surface area contributed by atoms with E-state index in [1.807, 2.05) is 37.3 Å². The molecule has 0 bridgehead atoms. The molecule has 2 heterocycles. The van der Waals surface area contributed by atoms with E-state index in [-0.39, 0.29) is 56.3 Å². The van der Waals surface area contributed by atoms with Crippen LogP contribution in [0.25, 0.3) is 0 Å². The highest BCUT2D eigenvalue weighted by atomic mass is 35.5. The smallest absolute Gasteiger partial charge is 0.322 e. The quantitative estimate of drug-likeness (QED) is 0.526. The van der Waals surface area contributed by atoms with Crippen LogP contribution in [0.3, 0.4) is 0 Å². The van der Waals surface area contributed by atoms with Gasteiger partial charge in [-0.15, -0.1) is 0 Å². The number of nitrogens with one attached hydrogen (secondary N) is 2. The second-order valence-corrected chi connectivity index (χ2v) is 10.2. The highest BCUT2D eigenvalue weighted by Gasteiger charge is 2.40. The lowest BCUT2D eigenvalue weighted by Crippen LogP contribution is -2.58. The van der Waals surface area contributed by atoms with Gasteiger partial charge in [0.05, 0.1) is 50.5 Å². The molecule has 36 heavy (non-hydrogen) atoms. The summed E-state index contributed by atoms with van der Waals surface area (Å²) in [6, 6.07) is 13.7. The number of rotatable bonds is 5. The average molecular weight is 536 g/mol. The zero-order valence-electron chi connectivity index (χ0n) is 20.0. The first kappa shape index (κ1) is 26.7. The number of benzene rings is 2. The van der Waals surface area contributed by atoms with Crippen LogP contribution in [0.15, 0.2) is 48.5 Å². The van der Waals surface area contributed by atoms with Crippen molar-refractivity contribution in [3.05, 3.63) is 64.1 Å². The maximum absolute atomic E-state index is 13.2. The molecule has 2 aliphatic rings. The van der Waals surface area contributed by atoms with Crippen molar-refractivity contribution in [1.29, 1.82) is 0 Å². The molecule has 3 amide bonds. The topological polar surface area (TPSA) is 100 Å². The third-order valence-electron chi connectivity index (χ3n) is 6.45. The van der Waals surface area contributed by atoms with E-state index < -0.39 is 12.2 Å². The Morgan fingerprint density at radius 1 is 1.11 bits per heavy atom. The van der Waals surface area contributed by atoms with Crippen LogP contribution in [0.4, 0.5) is 10.5 Å². The first-order valence-electron chi connectivity index (χ1n) is 12.1. The minimum Gasteiger partial charge on any atom is -0.389 e. The Hall–Kier alpha value is -2.36. The lowest BCUT2D eigenvalue weighted by molar-refractivity contribution is -0.150. The van der Waals surface area contributed by atoms with Crippen LogP contribution < -0.4 is 10.6 Å². The summed E-state index contributed by atoms with van der Waals surface area (Å²) in [7, 11) is 0. The summed E-state index contributed by atoms with van der Waals surface area (Å²) in [5, 5.41) is 17.0. The number of fused-ring (bicyclic) bond motifs is 1. The van der Waals surface area contributed by atoms with Gasteiger partial charge in [0.2, 0.25) is 5.91 Å². The number of halogens is 2. The molecule has 2 aromatic carbocycles. The van der Waals surface area contributed by atoms with E-state index in [9.17, 15) is 14.7 Å². The SMILES string of the molecule is C[C@@H](NC(=O)C[C@@H]1CC[C@H]2[C@@H](COC[C@H](O)CN2C(=O)Nc2cc(Cl)cc(Cl)c2)O1)c1ccccc1. The van der Waals surface area contributed by atoms with Gasteiger partial charge in [0.15, 0.2) is 0 Å². The summed E-state index contributed by atoms with van der Waals surface area (Å²) in [5.74, 6) is -0.0931. The molecule has 4 rings (SSSR count). The van der Waals surface area contributed by atoms with Gasteiger partial charge in [0, 0.05) is 15.7 Å². The molecule has 3 N–H and O–H groups in total. The van der Waals surface area contributed by atoms with Crippen molar-refractivity contribution < 1.29 is 24.2 Å². The molecule has 5 atom stereocenters. The van der Waals surface area contributed by atoms with Crippen LogP contribution in [0.2, 0.25) is 10.0 Å². The first-order chi connectivity index (χ1) is 17.3. The van der Waals surface area contributed by atoms with Crippen LogP contribution in [0.5, 0.6) is 0 Å². The molecule has 0 saturated carbocycles. The fraction of sp³-hybridized carbons (Fsp3) is 0.462. The zero-order valence-corrected chi connectivity index (χ0v) is 21.5. The fourth-order valence-electron chi connectivity index (χ4n) is 4.73. The van der Waals surface area contributed by atoms with Gasteiger partial charge in [-0.3, -0.25) is 4.79 Å². The summed E-state index contributed by atoms with van der Waals surface area (Å²) in [6.07, 6.45) is -0.130. The Morgan fingerprint density at radius 3 is 2.56 bits per heavy atom. The third-order valence-corrected chi connectivity index (χ3v) is 6.88. The van der Waals surface area contributed by atoms with Crippen molar-refractivity contribution >= 4 is 40.8 Å². The van der Waals surface area contributed by atoms with E-state index >= 15 is 0 Å². The molecule has 2 saturated heterocycles. The molecular formula is C26H31Cl2N3O5. The Bertz CT molecular complexity index is 1040. The molecule has 2 fully saturated rings. The largest absolute Gasteiger partial charge is 0.389 e. The average Bonchev–Trinajstić information content (AvgIpc) is 2.81. The van der Waals surface area contributed by atoms with Gasteiger partial charge < -0.3 is 30.1 Å². The third kappa shape index (κ3) is 7.11. The molecule has 194 valence electrons. The minimum absolute atomic E-state index is 0.0824. The number of aliphatic hydroxyl groups excluding tert-OH is 1. The van der Waals surface area contributed by atoms with E-state index in [1.54, 1.807) is 23.1 Å². The summed E-state index contributed by atoms with van der Waals surface area (Å²) in [6.45, 7) is 2.33. The van der Waals surface area contributed by atoms with Gasteiger partial charge in [0.1, 0.15) is 6.10 Å². The molecule has 0 aromatic heterocycles. The number of nitrogens with zero attached hydrogens (tertiary/aromatic N) is 1. The number of ether oxygens (including phenoxy) is 2. The number of urea groups is 1. The molecule has 0 radical (unpaired) electrons. The predicted molar refractivity (Wildman–Crippen MR) is 138 cm³/mol. The molecule has 0 spiro atoms. The molecule has 10 heteroatoms. The standard InChI is InChI=1S/C26H31Cl2N3O5/c1-16(17-5-3-2-4-6-17)29-25(33)12-22-7-8-23-24(36-22)15-35-14-21(32)13-31(23)26(34)30-20-10-18(27)9-19(28)11-20/h2-6,9-11,16,21-24,32H,7-8,12-15H2,1H3,(H,29,33)(H,30,34)/t16-,21-,22+,23+,24-/m1/s1. The first-order valence-corrected chi connectivity index (χ1v) is 12.8. The normalized spacial score (nSPS) is 25.2. The highest BCUT2D eigenvalue weighted by molar-refractivity contribution is 6.35. The van der Waals surface area contributed by atoms with Gasteiger partial charge in [-0.1, -0.05) is 53.5 Å².